The standard InChI is InChI=1S/C20H25NO2/c1-16-8-5-6-11-18(16)15-21(14-17-9-3-2-4-10-17)20(22)19-12-7-13-23-19/h5-8,11-13,17H,2-4,9-10,14-15H2,1H3. The van der Waals surface area contributed by atoms with Gasteiger partial charge in [-0.25, -0.2) is 0 Å². The van der Waals surface area contributed by atoms with Gasteiger partial charge in [0, 0.05) is 13.1 Å². The van der Waals surface area contributed by atoms with Crippen molar-refractivity contribution in [3.8, 4) is 0 Å². The zero-order valence-corrected chi connectivity index (χ0v) is 13.8. The molecule has 0 spiro atoms. The van der Waals surface area contributed by atoms with Crippen LogP contribution in [0.4, 0.5) is 0 Å². The first kappa shape index (κ1) is 15.9. The van der Waals surface area contributed by atoms with Gasteiger partial charge in [-0.1, -0.05) is 43.5 Å². The van der Waals surface area contributed by atoms with Crippen molar-refractivity contribution in [2.24, 2.45) is 5.92 Å². The molecule has 0 N–H and O–H groups in total. The van der Waals surface area contributed by atoms with E-state index < -0.39 is 0 Å². The molecule has 122 valence electrons. The number of nitrogens with zero attached hydrogens (tertiary/aromatic N) is 1. The van der Waals surface area contributed by atoms with Gasteiger partial charge in [-0.05, 0) is 48.9 Å². The van der Waals surface area contributed by atoms with Crippen molar-refractivity contribution in [3.63, 3.8) is 0 Å². The molecule has 1 aromatic heterocycles. The molecular weight excluding hydrogens is 286 g/mol. The van der Waals surface area contributed by atoms with Crippen LogP contribution in [-0.2, 0) is 6.54 Å². The number of carbonyl (C=O) groups excluding carboxylic acids is 1. The monoisotopic (exact) mass is 311 g/mol. The maximum atomic E-state index is 12.8. The molecule has 3 nitrogen and oxygen atoms in total. The molecule has 1 aromatic carbocycles. The van der Waals surface area contributed by atoms with Gasteiger partial charge in [0.1, 0.15) is 0 Å². The fraction of sp³-hybridized carbons (Fsp3) is 0.450. The summed E-state index contributed by atoms with van der Waals surface area (Å²) in [5.41, 5.74) is 2.44. The van der Waals surface area contributed by atoms with Gasteiger partial charge >= 0.3 is 0 Å². The molecule has 0 atom stereocenters. The molecule has 23 heavy (non-hydrogen) atoms. The molecule has 0 unspecified atom stereocenters. The van der Waals surface area contributed by atoms with Gasteiger partial charge < -0.3 is 9.32 Å². The lowest BCUT2D eigenvalue weighted by Crippen LogP contribution is -2.35. The van der Waals surface area contributed by atoms with E-state index in [1.165, 1.54) is 43.2 Å². The number of rotatable bonds is 5. The van der Waals surface area contributed by atoms with Crippen LogP contribution in [0.3, 0.4) is 0 Å². The Morgan fingerprint density at radius 3 is 2.61 bits per heavy atom. The van der Waals surface area contributed by atoms with Crippen LogP contribution in [0.1, 0.15) is 53.8 Å². The molecule has 0 saturated heterocycles. The van der Waals surface area contributed by atoms with Gasteiger partial charge in [0.05, 0.1) is 6.26 Å². The molecule has 0 aliphatic heterocycles. The number of aryl methyl sites for hydroxylation is 1. The average Bonchev–Trinajstić information content (AvgIpc) is 3.11. The zero-order chi connectivity index (χ0) is 16.1. The van der Waals surface area contributed by atoms with E-state index in [1.54, 1.807) is 18.4 Å². The van der Waals surface area contributed by atoms with Gasteiger partial charge in [-0.15, -0.1) is 0 Å². The summed E-state index contributed by atoms with van der Waals surface area (Å²) in [4.78, 5) is 14.8. The highest BCUT2D eigenvalue weighted by atomic mass is 16.3. The van der Waals surface area contributed by atoms with E-state index in [0.29, 0.717) is 18.2 Å². The van der Waals surface area contributed by atoms with Crippen LogP contribution in [0.15, 0.2) is 47.1 Å². The van der Waals surface area contributed by atoms with Gasteiger partial charge in [0.15, 0.2) is 5.76 Å². The first-order chi connectivity index (χ1) is 11.2. The fourth-order valence-corrected chi connectivity index (χ4v) is 3.45. The number of furan rings is 1. The minimum Gasteiger partial charge on any atom is -0.459 e. The second-order valence-electron chi connectivity index (χ2n) is 6.59. The van der Waals surface area contributed by atoms with E-state index in [1.807, 2.05) is 17.0 Å². The highest BCUT2D eigenvalue weighted by Crippen LogP contribution is 2.26. The fourth-order valence-electron chi connectivity index (χ4n) is 3.45. The minimum atomic E-state index is 0.00354. The van der Waals surface area contributed by atoms with E-state index >= 15 is 0 Å². The van der Waals surface area contributed by atoms with Gasteiger partial charge in [0.25, 0.3) is 5.91 Å². The highest BCUT2D eigenvalue weighted by Gasteiger charge is 2.24. The van der Waals surface area contributed by atoms with Crippen LogP contribution in [0.2, 0.25) is 0 Å². The summed E-state index contributed by atoms with van der Waals surface area (Å²) in [7, 11) is 0. The topological polar surface area (TPSA) is 33.5 Å². The highest BCUT2D eigenvalue weighted by molar-refractivity contribution is 5.91. The lowest BCUT2D eigenvalue weighted by molar-refractivity contribution is 0.0666. The molecular formula is C20H25NO2. The van der Waals surface area contributed by atoms with Crippen molar-refractivity contribution in [3.05, 3.63) is 59.5 Å². The summed E-state index contributed by atoms with van der Waals surface area (Å²) in [5, 5.41) is 0. The number of hydrogen-bond donors (Lipinski definition) is 0. The Kier molecular flexibility index (Phi) is 5.16. The third kappa shape index (κ3) is 4.04. The van der Waals surface area contributed by atoms with Crippen molar-refractivity contribution in [1.82, 2.24) is 4.90 Å². The van der Waals surface area contributed by atoms with Crippen LogP contribution >= 0.6 is 0 Å². The van der Waals surface area contributed by atoms with Crippen LogP contribution in [0.25, 0.3) is 0 Å². The number of carbonyl (C=O) groups is 1. The predicted molar refractivity (Wildman–Crippen MR) is 91.2 cm³/mol. The SMILES string of the molecule is Cc1ccccc1CN(CC1CCCCC1)C(=O)c1ccco1. The van der Waals surface area contributed by atoms with Crippen LogP contribution < -0.4 is 0 Å². The Balaban J connectivity index is 1.77. The van der Waals surface area contributed by atoms with Crippen LogP contribution in [-0.4, -0.2) is 17.4 Å². The molecule has 1 aliphatic rings. The van der Waals surface area contributed by atoms with Crippen molar-refractivity contribution in [2.45, 2.75) is 45.6 Å². The largest absolute Gasteiger partial charge is 0.459 e. The molecule has 1 amide bonds. The van der Waals surface area contributed by atoms with Gasteiger partial charge in [-0.2, -0.15) is 0 Å². The molecule has 3 heteroatoms. The first-order valence-corrected chi connectivity index (χ1v) is 8.61. The average molecular weight is 311 g/mol. The van der Waals surface area contributed by atoms with Crippen LogP contribution in [0.5, 0.6) is 0 Å². The zero-order valence-electron chi connectivity index (χ0n) is 13.8. The first-order valence-electron chi connectivity index (χ1n) is 8.61. The summed E-state index contributed by atoms with van der Waals surface area (Å²) in [6, 6.07) is 11.8. The third-order valence-electron chi connectivity index (χ3n) is 4.84. The maximum Gasteiger partial charge on any atom is 0.289 e. The maximum absolute atomic E-state index is 12.8. The smallest absolute Gasteiger partial charge is 0.289 e. The molecule has 1 aliphatic carbocycles. The summed E-state index contributed by atoms with van der Waals surface area (Å²) in [6.07, 6.45) is 7.95. The Morgan fingerprint density at radius 2 is 1.91 bits per heavy atom. The van der Waals surface area contributed by atoms with E-state index in [9.17, 15) is 4.79 Å². The Hall–Kier alpha value is -2.03. The van der Waals surface area contributed by atoms with Gasteiger partial charge in [-0.3, -0.25) is 4.79 Å². The normalized spacial score (nSPS) is 15.5. The molecule has 1 fully saturated rings. The Labute approximate surface area is 138 Å². The summed E-state index contributed by atoms with van der Waals surface area (Å²) in [5.74, 6) is 1.06. The van der Waals surface area contributed by atoms with Crippen molar-refractivity contribution >= 4 is 5.91 Å². The summed E-state index contributed by atoms with van der Waals surface area (Å²) < 4.78 is 5.34. The van der Waals surface area contributed by atoms with Crippen molar-refractivity contribution in [2.75, 3.05) is 6.54 Å². The van der Waals surface area contributed by atoms with E-state index in [2.05, 4.69) is 19.1 Å². The molecule has 3 rings (SSSR count). The molecule has 1 saturated carbocycles. The van der Waals surface area contributed by atoms with E-state index in [4.69, 9.17) is 4.42 Å². The molecule has 0 bridgehead atoms. The quantitative estimate of drug-likeness (QED) is 0.794. The number of amides is 1. The van der Waals surface area contributed by atoms with Crippen molar-refractivity contribution < 1.29 is 9.21 Å². The van der Waals surface area contributed by atoms with Gasteiger partial charge in [0.2, 0.25) is 0 Å². The lowest BCUT2D eigenvalue weighted by Gasteiger charge is -2.29. The van der Waals surface area contributed by atoms with E-state index in [-0.39, 0.29) is 5.91 Å². The second-order valence-corrected chi connectivity index (χ2v) is 6.59. The summed E-state index contributed by atoms with van der Waals surface area (Å²) in [6.45, 7) is 3.59. The Bertz CT molecular complexity index is 627. The predicted octanol–water partition coefficient (Wildman–Crippen LogP) is 4.81. The minimum absolute atomic E-state index is 0.00354. The summed E-state index contributed by atoms with van der Waals surface area (Å²) >= 11 is 0. The number of hydrogen-bond acceptors (Lipinski definition) is 2. The molecule has 0 radical (unpaired) electrons. The molecule has 1 heterocycles. The number of benzene rings is 1. The van der Waals surface area contributed by atoms with Crippen molar-refractivity contribution in [1.29, 1.82) is 0 Å². The van der Waals surface area contributed by atoms with Crippen LogP contribution in [0, 0.1) is 12.8 Å². The lowest BCUT2D eigenvalue weighted by atomic mass is 9.88. The second kappa shape index (κ2) is 7.49. The van der Waals surface area contributed by atoms with E-state index in [0.717, 1.165) is 6.54 Å². The Morgan fingerprint density at radius 1 is 1.13 bits per heavy atom. The molecule has 2 aromatic rings. The third-order valence-corrected chi connectivity index (χ3v) is 4.84.